The van der Waals surface area contributed by atoms with Crippen LogP contribution in [0.25, 0.3) is 0 Å². The van der Waals surface area contributed by atoms with Crippen molar-refractivity contribution in [2.24, 2.45) is 22.2 Å². The molecule has 8 nitrogen and oxygen atoms in total. The van der Waals surface area contributed by atoms with Crippen LogP contribution in [-0.2, 0) is 9.59 Å². The van der Waals surface area contributed by atoms with Crippen molar-refractivity contribution in [3.05, 3.63) is 0 Å². The van der Waals surface area contributed by atoms with Crippen molar-refractivity contribution in [1.29, 1.82) is 0 Å². The maximum atomic E-state index is 11.0. The summed E-state index contributed by atoms with van der Waals surface area (Å²) in [6.45, 7) is 0.220. The molecule has 0 fully saturated rings. The zero-order valence-electron chi connectivity index (χ0n) is 9.56. The van der Waals surface area contributed by atoms with E-state index >= 15 is 0 Å². The normalized spacial score (nSPS) is 11.6. The lowest BCUT2D eigenvalue weighted by Crippen LogP contribution is -2.43. The van der Waals surface area contributed by atoms with Gasteiger partial charge in [0.25, 0.3) is 0 Å². The molecule has 0 saturated heterocycles. The fraction of sp³-hybridized carbons (Fsp3) is 0.667. The highest BCUT2D eigenvalue weighted by atomic mass is 16.4. The number of aliphatic carboxylic acids is 1. The second-order valence-electron chi connectivity index (χ2n) is 3.46. The van der Waals surface area contributed by atoms with E-state index in [4.69, 9.17) is 22.3 Å². The van der Waals surface area contributed by atoms with Crippen LogP contribution in [0, 0.1) is 0 Å². The van der Waals surface area contributed by atoms with Crippen LogP contribution in [0.3, 0.4) is 0 Å². The molecule has 1 atom stereocenters. The van der Waals surface area contributed by atoms with Gasteiger partial charge in [0.1, 0.15) is 6.04 Å². The van der Waals surface area contributed by atoms with Gasteiger partial charge in [-0.2, -0.15) is 0 Å². The summed E-state index contributed by atoms with van der Waals surface area (Å²) < 4.78 is 0. The molecule has 0 aromatic rings. The molecule has 0 aliphatic rings. The monoisotopic (exact) mass is 245 g/mol. The van der Waals surface area contributed by atoms with E-state index in [1.807, 2.05) is 0 Å². The second-order valence-corrected chi connectivity index (χ2v) is 3.46. The van der Waals surface area contributed by atoms with E-state index in [0.717, 1.165) is 0 Å². The van der Waals surface area contributed by atoms with Gasteiger partial charge in [0.05, 0.1) is 6.54 Å². The van der Waals surface area contributed by atoms with Gasteiger partial charge in [0.2, 0.25) is 5.91 Å². The Hall–Kier alpha value is -1.83. The Morgan fingerprint density at radius 1 is 1.29 bits per heavy atom. The van der Waals surface area contributed by atoms with Crippen molar-refractivity contribution in [3.63, 3.8) is 0 Å². The number of rotatable bonds is 8. The first kappa shape index (κ1) is 15.2. The third-order valence-corrected chi connectivity index (χ3v) is 2.01. The van der Waals surface area contributed by atoms with E-state index in [9.17, 15) is 9.59 Å². The molecule has 0 aromatic heterocycles. The number of unbranched alkanes of at least 4 members (excludes halogenated alkanes) is 1. The molecule has 0 aliphatic heterocycles. The van der Waals surface area contributed by atoms with Crippen LogP contribution >= 0.6 is 0 Å². The van der Waals surface area contributed by atoms with Crippen molar-refractivity contribution in [1.82, 2.24) is 5.32 Å². The summed E-state index contributed by atoms with van der Waals surface area (Å²) in [4.78, 5) is 25.5. The molecule has 0 aliphatic carbocycles. The number of nitrogens with zero attached hydrogens (tertiary/aromatic N) is 1. The Balaban J connectivity index is 3.90. The fourth-order valence-corrected chi connectivity index (χ4v) is 1.18. The molecular formula is C9H19N5O3. The number of nitrogens with two attached hydrogens (primary N) is 3. The first-order chi connectivity index (χ1) is 7.97. The zero-order valence-corrected chi connectivity index (χ0v) is 9.56. The largest absolute Gasteiger partial charge is 0.480 e. The number of carboxylic acid groups (broad SMARTS) is 1. The Kier molecular flexibility index (Phi) is 7.44. The third-order valence-electron chi connectivity index (χ3n) is 2.01. The van der Waals surface area contributed by atoms with Crippen LogP contribution in [0.5, 0.6) is 0 Å². The van der Waals surface area contributed by atoms with E-state index in [1.54, 1.807) is 0 Å². The quantitative estimate of drug-likeness (QED) is 0.188. The lowest BCUT2D eigenvalue weighted by atomic mass is 10.1. The SMILES string of the molecule is NCC(=O)NC(CCCCN=C(N)N)C(=O)O. The highest BCUT2D eigenvalue weighted by Crippen LogP contribution is 2.01. The Morgan fingerprint density at radius 3 is 2.41 bits per heavy atom. The third kappa shape index (κ3) is 8.03. The summed E-state index contributed by atoms with van der Waals surface area (Å²) in [5.74, 6) is -1.55. The van der Waals surface area contributed by atoms with Crippen LogP contribution in [0.15, 0.2) is 4.99 Å². The Labute approximate surface area is 99.2 Å². The van der Waals surface area contributed by atoms with Gasteiger partial charge < -0.3 is 27.6 Å². The summed E-state index contributed by atoms with van der Waals surface area (Å²) >= 11 is 0. The number of carbonyl (C=O) groups excluding carboxylic acids is 1. The lowest BCUT2D eigenvalue weighted by Gasteiger charge is -2.13. The van der Waals surface area contributed by atoms with Crippen molar-refractivity contribution < 1.29 is 14.7 Å². The highest BCUT2D eigenvalue weighted by Gasteiger charge is 2.18. The van der Waals surface area contributed by atoms with E-state index in [1.165, 1.54) is 0 Å². The van der Waals surface area contributed by atoms with Crippen LogP contribution in [-0.4, -0.2) is 42.1 Å². The summed E-state index contributed by atoms with van der Waals surface area (Å²) in [5, 5.41) is 11.2. The lowest BCUT2D eigenvalue weighted by molar-refractivity contribution is -0.141. The van der Waals surface area contributed by atoms with Gasteiger partial charge in [0, 0.05) is 6.54 Å². The smallest absolute Gasteiger partial charge is 0.326 e. The molecule has 0 saturated carbocycles. The van der Waals surface area contributed by atoms with Crippen molar-refractivity contribution in [2.45, 2.75) is 25.3 Å². The molecule has 0 spiro atoms. The molecule has 0 radical (unpaired) electrons. The molecule has 98 valence electrons. The number of guanidine groups is 1. The molecule has 1 unspecified atom stereocenters. The van der Waals surface area contributed by atoms with E-state index in [0.29, 0.717) is 25.8 Å². The second kappa shape index (κ2) is 8.34. The predicted octanol–water partition coefficient (Wildman–Crippen LogP) is -2.04. The van der Waals surface area contributed by atoms with Gasteiger partial charge in [-0.3, -0.25) is 9.79 Å². The molecule has 8 heteroatoms. The van der Waals surface area contributed by atoms with Gasteiger partial charge in [-0.1, -0.05) is 0 Å². The molecule has 0 rings (SSSR count). The Bertz CT molecular complexity index is 288. The summed E-state index contributed by atoms with van der Waals surface area (Å²) in [5.41, 5.74) is 15.3. The first-order valence-corrected chi connectivity index (χ1v) is 5.25. The number of hydrogen-bond donors (Lipinski definition) is 5. The van der Waals surface area contributed by atoms with Crippen molar-refractivity contribution in [3.8, 4) is 0 Å². The molecular weight excluding hydrogens is 226 g/mol. The summed E-state index contributed by atoms with van der Waals surface area (Å²) in [6.07, 6.45) is 1.57. The number of aliphatic imine (C=N–C) groups is 1. The summed E-state index contributed by atoms with van der Waals surface area (Å²) in [6, 6.07) is -0.912. The Morgan fingerprint density at radius 2 is 1.94 bits per heavy atom. The number of hydrogen-bond acceptors (Lipinski definition) is 4. The number of amides is 1. The molecule has 1 amide bonds. The van der Waals surface area contributed by atoms with Crippen LogP contribution in [0.1, 0.15) is 19.3 Å². The maximum absolute atomic E-state index is 11.0. The van der Waals surface area contributed by atoms with E-state index in [2.05, 4.69) is 10.3 Å². The van der Waals surface area contributed by atoms with Gasteiger partial charge in [-0.15, -0.1) is 0 Å². The van der Waals surface area contributed by atoms with Gasteiger partial charge in [-0.25, -0.2) is 4.79 Å². The number of nitrogens with one attached hydrogen (secondary N) is 1. The minimum atomic E-state index is -1.08. The van der Waals surface area contributed by atoms with Gasteiger partial charge in [0.15, 0.2) is 5.96 Å². The van der Waals surface area contributed by atoms with Gasteiger partial charge >= 0.3 is 5.97 Å². The summed E-state index contributed by atoms with van der Waals surface area (Å²) in [7, 11) is 0. The van der Waals surface area contributed by atoms with Gasteiger partial charge in [-0.05, 0) is 19.3 Å². The maximum Gasteiger partial charge on any atom is 0.326 e. The predicted molar refractivity (Wildman–Crippen MR) is 63.1 cm³/mol. The fourth-order valence-electron chi connectivity index (χ4n) is 1.18. The average Bonchev–Trinajstić information content (AvgIpc) is 2.26. The first-order valence-electron chi connectivity index (χ1n) is 5.25. The highest BCUT2D eigenvalue weighted by molar-refractivity contribution is 5.84. The molecule has 0 heterocycles. The number of carbonyl (C=O) groups is 2. The minimum absolute atomic E-state index is 0.0104. The standard InChI is InChI=1S/C9H19N5O3/c10-5-7(15)14-6(8(16)17)3-1-2-4-13-9(11)12/h6H,1-5,10H2,(H,14,15)(H,16,17)(H4,11,12,13). The van der Waals surface area contributed by atoms with Crippen molar-refractivity contribution in [2.75, 3.05) is 13.1 Å². The zero-order chi connectivity index (χ0) is 13.3. The van der Waals surface area contributed by atoms with Crippen LogP contribution in [0.4, 0.5) is 0 Å². The molecule has 0 bridgehead atoms. The number of carboxylic acids is 1. The van der Waals surface area contributed by atoms with E-state index in [-0.39, 0.29) is 12.5 Å². The van der Waals surface area contributed by atoms with E-state index < -0.39 is 17.9 Å². The topological polar surface area (TPSA) is 157 Å². The van der Waals surface area contributed by atoms with Crippen LogP contribution < -0.4 is 22.5 Å². The molecule has 8 N–H and O–H groups in total. The molecule has 0 aromatic carbocycles. The molecule has 17 heavy (non-hydrogen) atoms. The van der Waals surface area contributed by atoms with Crippen LogP contribution in [0.2, 0.25) is 0 Å². The minimum Gasteiger partial charge on any atom is -0.480 e. The van der Waals surface area contributed by atoms with Crippen molar-refractivity contribution >= 4 is 17.8 Å². The average molecular weight is 245 g/mol.